The van der Waals surface area contributed by atoms with Crippen molar-refractivity contribution in [3.8, 4) is 0 Å². The van der Waals surface area contributed by atoms with E-state index < -0.39 is 10.0 Å². The molecule has 0 spiro atoms. The number of hydrogen-bond donors (Lipinski definition) is 1. The van der Waals surface area contributed by atoms with Gasteiger partial charge in [-0.15, -0.1) is 15.7 Å². The van der Waals surface area contributed by atoms with Crippen molar-refractivity contribution < 1.29 is 8.42 Å². The normalized spacial score (nSPS) is 18.6. The number of thiophene rings is 1. The van der Waals surface area contributed by atoms with Gasteiger partial charge in [0.1, 0.15) is 5.84 Å². The van der Waals surface area contributed by atoms with Crippen LogP contribution in [0.4, 0.5) is 5.69 Å². The Labute approximate surface area is 128 Å². The predicted octanol–water partition coefficient (Wildman–Crippen LogP) is 3.40. The fourth-order valence-electron chi connectivity index (χ4n) is 2.26. The van der Waals surface area contributed by atoms with Gasteiger partial charge in [-0.1, -0.05) is 38.3 Å². The fraction of sp³-hybridized carbons (Fsp3) is 0.583. The van der Waals surface area contributed by atoms with E-state index in [0.717, 1.165) is 37.0 Å². The first-order valence-corrected chi connectivity index (χ1v) is 9.23. The monoisotopic (exact) mass is 335 g/mol. The van der Waals surface area contributed by atoms with Gasteiger partial charge in [-0.25, -0.2) is 5.84 Å². The highest BCUT2D eigenvalue weighted by molar-refractivity contribution is 7.92. The molecule has 1 aliphatic heterocycles. The highest BCUT2D eigenvalue weighted by atomic mass is 35.5. The molecule has 0 saturated carbocycles. The van der Waals surface area contributed by atoms with Crippen LogP contribution in [0.15, 0.2) is 14.7 Å². The second kappa shape index (κ2) is 6.01. The molecular formula is C12H18ClN3O2S2. The van der Waals surface area contributed by atoms with Crippen molar-refractivity contribution in [1.82, 2.24) is 0 Å². The van der Waals surface area contributed by atoms with E-state index in [-0.39, 0.29) is 10.1 Å². The predicted molar refractivity (Wildman–Crippen MR) is 83.9 cm³/mol. The first-order valence-electron chi connectivity index (χ1n) is 6.59. The number of nitrogens with zero attached hydrogens (tertiary/aromatic N) is 2. The average molecular weight is 336 g/mol. The van der Waals surface area contributed by atoms with Crippen molar-refractivity contribution in [2.45, 2.75) is 43.7 Å². The van der Waals surface area contributed by atoms with Crippen molar-refractivity contribution >= 4 is 44.5 Å². The number of halogens is 1. The van der Waals surface area contributed by atoms with E-state index in [2.05, 4.69) is 11.3 Å². The molecule has 0 aliphatic carbocycles. The molecule has 2 heterocycles. The Morgan fingerprint density at radius 3 is 2.80 bits per heavy atom. The van der Waals surface area contributed by atoms with Crippen molar-refractivity contribution in [1.29, 1.82) is 0 Å². The van der Waals surface area contributed by atoms with Crippen molar-refractivity contribution in [2.75, 3.05) is 5.01 Å². The third-order valence-corrected chi connectivity index (χ3v) is 6.40. The molecule has 0 radical (unpaired) electrons. The van der Waals surface area contributed by atoms with Gasteiger partial charge in [0.2, 0.25) is 0 Å². The third kappa shape index (κ3) is 2.86. The Hall–Kier alpha value is -0.630. The maximum Gasteiger partial charge on any atom is 0.295 e. The van der Waals surface area contributed by atoms with E-state index in [4.69, 9.17) is 17.4 Å². The van der Waals surface area contributed by atoms with Crippen molar-refractivity contribution in [3.05, 3.63) is 10.4 Å². The van der Waals surface area contributed by atoms with Crippen LogP contribution in [0.25, 0.3) is 0 Å². The van der Waals surface area contributed by atoms with E-state index in [1.807, 2.05) is 6.92 Å². The van der Waals surface area contributed by atoms with Gasteiger partial charge in [0, 0.05) is 5.92 Å². The number of sulfonamides is 1. The van der Waals surface area contributed by atoms with Crippen LogP contribution in [-0.2, 0) is 10.0 Å². The van der Waals surface area contributed by atoms with Crippen LogP contribution in [0.1, 0.15) is 39.5 Å². The van der Waals surface area contributed by atoms with Crippen LogP contribution in [0.2, 0.25) is 4.34 Å². The quantitative estimate of drug-likeness (QED) is 0.837. The molecule has 0 amide bonds. The van der Waals surface area contributed by atoms with E-state index in [0.29, 0.717) is 15.9 Å². The van der Waals surface area contributed by atoms with Crippen molar-refractivity contribution in [2.24, 2.45) is 16.2 Å². The number of rotatable bonds is 5. The fourth-order valence-corrected chi connectivity index (χ4v) is 5.13. The Kier molecular flexibility index (Phi) is 4.73. The Bertz CT molecular complexity index is 625. The van der Waals surface area contributed by atoms with Gasteiger partial charge >= 0.3 is 0 Å². The molecule has 1 aliphatic rings. The van der Waals surface area contributed by atoms with Crippen LogP contribution >= 0.6 is 22.9 Å². The van der Waals surface area contributed by atoms with E-state index >= 15 is 0 Å². The number of amidine groups is 1. The molecule has 5 nitrogen and oxygen atoms in total. The van der Waals surface area contributed by atoms with Crippen molar-refractivity contribution in [3.63, 3.8) is 0 Å². The zero-order chi connectivity index (χ0) is 14.9. The second-order valence-electron chi connectivity index (χ2n) is 4.77. The van der Waals surface area contributed by atoms with E-state index in [1.54, 1.807) is 6.07 Å². The molecule has 2 N–H and O–H groups in total. The third-order valence-electron chi connectivity index (χ3n) is 3.37. The molecular weight excluding hydrogens is 318 g/mol. The number of fused-ring (bicyclic) bond motifs is 1. The molecule has 0 saturated heterocycles. The highest BCUT2D eigenvalue weighted by Crippen LogP contribution is 2.41. The Balaban J connectivity index is 2.43. The molecule has 1 aromatic rings. The highest BCUT2D eigenvalue weighted by Gasteiger charge is 2.34. The maximum atomic E-state index is 12.2. The van der Waals surface area contributed by atoms with Gasteiger partial charge in [0.05, 0.1) is 10.0 Å². The topological polar surface area (TPSA) is 75.8 Å². The molecule has 0 aromatic carbocycles. The second-order valence-corrected chi connectivity index (χ2v) is 8.25. The molecule has 1 aromatic heterocycles. The maximum absolute atomic E-state index is 12.2. The van der Waals surface area contributed by atoms with Crippen LogP contribution in [0, 0.1) is 5.92 Å². The molecule has 0 fully saturated rings. The largest absolute Gasteiger partial charge is 0.295 e. The first kappa shape index (κ1) is 15.8. The SMILES string of the molecule is CCCCC(CC)C1=NS(=O)(=O)c2sc(Cl)cc2N1N. The first-order chi connectivity index (χ1) is 9.40. The summed E-state index contributed by atoms with van der Waals surface area (Å²) in [6.07, 6.45) is 3.75. The lowest BCUT2D eigenvalue weighted by Crippen LogP contribution is -2.44. The van der Waals surface area contributed by atoms with Crippen LogP contribution < -0.4 is 10.9 Å². The van der Waals surface area contributed by atoms with Crippen LogP contribution in [0.3, 0.4) is 0 Å². The van der Waals surface area contributed by atoms with E-state index in [9.17, 15) is 8.42 Å². The summed E-state index contributed by atoms with van der Waals surface area (Å²) in [5, 5.41) is 1.38. The minimum atomic E-state index is -3.68. The molecule has 112 valence electrons. The van der Waals surface area contributed by atoms with Crippen LogP contribution in [0.5, 0.6) is 0 Å². The summed E-state index contributed by atoms with van der Waals surface area (Å²) in [5.41, 5.74) is 0.431. The summed E-state index contributed by atoms with van der Waals surface area (Å²) in [5.74, 6) is 6.52. The van der Waals surface area contributed by atoms with Gasteiger partial charge < -0.3 is 0 Å². The number of anilines is 1. The minimum absolute atomic E-state index is 0.0431. The number of unbranched alkanes of at least 4 members (excludes halogenated alkanes) is 1. The molecule has 8 heteroatoms. The number of hydrogen-bond acceptors (Lipinski definition) is 5. The molecule has 2 rings (SSSR count). The van der Waals surface area contributed by atoms with Crippen LogP contribution in [-0.4, -0.2) is 14.3 Å². The van der Waals surface area contributed by atoms with Gasteiger partial charge in [0.25, 0.3) is 10.0 Å². The van der Waals surface area contributed by atoms with Gasteiger partial charge in [0.15, 0.2) is 4.21 Å². The lowest BCUT2D eigenvalue weighted by Gasteiger charge is -2.29. The summed E-state index contributed by atoms with van der Waals surface area (Å²) in [4.78, 5) is 0. The number of nitrogens with two attached hydrogens (primary N) is 1. The summed E-state index contributed by atoms with van der Waals surface area (Å²) >= 11 is 6.90. The zero-order valence-electron chi connectivity index (χ0n) is 11.5. The zero-order valence-corrected chi connectivity index (χ0v) is 13.9. The summed E-state index contributed by atoms with van der Waals surface area (Å²) in [7, 11) is -3.68. The number of hydrazine groups is 1. The molecule has 0 bridgehead atoms. The average Bonchev–Trinajstić information content (AvgIpc) is 2.79. The van der Waals surface area contributed by atoms with Gasteiger partial charge in [-0.2, -0.15) is 8.42 Å². The van der Waals surface area contributed by atoms with Gasteiger partial charge in [-0.05, 0) is 18.9 Å². The summed E-state index contributed by atoms with van der Waals surface area (Å²) in [6, 6.07) is 1.58. The summed E-state index contributed by atoms with van der Waals surface area (Å²) < 4.78 is 28.9. The summed E-state index contributed by atoms with van der Waals surface area (Å²) in [6.45, 7) is 4.11. The molecule has 1 unspecified atom stereocenters. The smallest absolute Gasteiger partial charge is 0.263 e. The Morgan fingerprint density at radius 2 is 2.20 bits per heavy atom. The Morgan fingerprint density at radius 1 is 1.50 bits per heavy atom. The molecule has 1 atom stereocenters. The lowest BCUT2D eigenvalue weighted by atomic mass is 9.97. The van der Waals surface area contributed by atoms with Gasteiger partial charge in [-0.3, -0.25) is 5.01 Å². The lowest BCUT2D eigenvalue weighted by molar-refractivity contribution is 0.557. The molecule has 20 heavy (non-hydrogen) atoms. The van der Waals surface area contributed by atoms with E-state index in [1.165, 1.54) is 5.01 Å². The standard InChI is InChI=1S/C12H18ClN3O2S2/c1-3-5-6-8(4-2)11-15-20(17,18)12-9(16(11)14)7-10(13)19-12/h7-8H,3-6,14H2,1-2H3. The minimum Gasteiger partial charge on any atom is -0.263 e.